The van der Waals surface area contributed by atoms with E-state index in [1.807, 2.05) is 12.1 Å². The number of hydrogen-bond donors (Lipinski definition) is 1. The third-order valence-corrected chi connectivity index (χ3v) is 3.06. The second-order valence-corrected chi connectivity index (χ2v) is 4.31. The molecule has 0 amide bonds. The second-order valence-electron chi connectivity index (χ2n) is 4.31. The maximum Gasteiger partial charge on any atom is 0.313 e. The molecule has 1 heterocycles. The molecule has 1 aromatic rings. The highest BCUT2D eigenvalue weighted by Gasteiger charge is 2.29. The van der Waals surface area contributed by atoms with Crippen LogP contribution in [0.2, 0.25) is 0 Å². The van der Waals surface area contributed by atoms with E-state index in [4.69, 9.17) is 4.74 Å². The molecule has 0 fully saturated rings. The van der Waals surface area contributed by atoms with E-state index in [-0.39, 0.29) is 11.9 Å². The molecule has 96 valence electrons. The van der Waals surface area contributed by atoms with Crippen molar-refractivity contribution in [1.29, 1.82) is 0 Å². The summed E-state index contributed by atoms with van der Waals surface area (Å²) in [6.45, 7) is 2.17. The Kier molecular flexibility index (Phi) is 4.10. The van der Waals surface area contributed by atoms with E-state index in [1.165, 1.54) is 0 Å². The van der Waals surface area contributed by atoms with Gasteiger partial charge in [0.05, 0.1) is 18.6 Å². The molecule has 4 nitrogen and oxygen atoms in total. The van der Waals surface area contributed by atoms with Gasteiger partial charge in [-0.15, -0.1) is 0 Å². The minimum absolute atomic E-state index is 0.223. The molecule has 0 saturated heterocycles. The summed E-state index contributed by atoms with van der Waals surface area (Å²) in [5.41, 5.74) is 1.69. The maximum atomic E-state index is 11.9. The number of nitrogens with zero attached hydrogens (tertiary/aromatic N) is 1. The summed E-state index contributed by atoms with van der Waals surface area (Å²) in [5, 5.41) is 9.72. The minimum Gasteiger partial charge on any atom is -0.466 e. The van der Waals surface area contributed by atoms with Crippen LogP contribution >= 0.6 is 0 Å². The van der Waals surface area contributed by atoms with E-state index in [2.05, 4.69) is 4.98 Å². The molecule has 1 aliphatic carbocycles. The van der Waals surface area contributed by atoms with Crippen molar-refractivity contribution in [2.75, 3.05) is 6.61 Å². The lowest BCUT2D eigenvalue weighted by Gasteiger charge is -2.25. The molecule has 0 radical (unpaired) electrons. The van der Waals surface area contributed by atoms with Gasteiger partial charge in [-0.1, -0.05) is 12.1 Å². The van der Waals surface area contributed by atoms with Crippen LogP contribution < -0.4 is 0 Å². The van der Waals surface area contributed by atoms with Gasteiger partial charge in [0.25, 0.3) is 0 Å². The van der Waals surface area contributed by atoms with E-state index in [9.17, 15) is 9.90 Å². The molecule has 0 saturated carbocycles. The van der Waals surface area contributed by atoms with Crippen molar-refractivity contribution in [3.8, 4) is 0 Å². The Bertz CT molecular complexity index is 442. The van der Waals surface area contributed by atoms with Crippen LogP contribution in [-0.4, -0.2) is 28.8 Å². The lowest BCUT2D eigenvalue weighted by atomic mass is 9.83. The molecule has 1 N–H and O–H groups in total. The quantitative estimate of drug-likeness (QED) is 0.827. The Morgan fingerprint density at radius 1 is 1.56 bits per heavy atom. The molecule has 2 rings (SSSR count). The van der Waals surface area contributed by atoms with E-state index < -0.39 is 6.10 Å². The van der Waals surface area contributed by atoms with Crippen LogP contribution in [0.5, 0.6) is 0 Å². The van der Waals surface area contributed by atoms with Crippen LogP contribution in [0.15, 0.2) is 30.6 Å². The Hall–Kier alpha value is -1.68. The van der Waals surface area contributed by atoms with Gasteiger partial charge in [-0.3, -0.25) is 9.78 Å². The number of aromatic nitrogens is 1. The first-order chi connectivity index (χ1) is 8.72. The lowest BCUT2D eigenvalue weighted by Crippen LogP contribution is -2.25. The molecule has 1 aromatic heterocycles. The molecule has 1 aliphatic rings. The largest absolute Gasteiger partial charge is 0.466 e. The van der Waals surface area contributed by atoms with Crippen molar-refractivity contribution >= 4 is 11.5 Å². The molecule has 2 unspecified atom stereocenters. The predicted octanol–water partition coefficient (Wildman–Crippen LogP) is 1.80. The number of aliphatic hydroxyl groups is 1. The minimum atomic E-state index is -0.495. The fraction of sp³-hybridized carbons (Fsp3) is 0.429. The third kappa shape index (κ3) is 2.76. The van der Waals surface area contributed by atoms with Crippen molar-refractivity contribution < 1.29 is 14.6 Å². The normalized spacial score (nSPS) is 23.3. The number of hydrogen-bond acceptors (Lipinski definition) is 4. The first-order valence-corrected chi connectivity index (χ1v) is 6.19. The number of pyridine rings is 1. The average molecular weight is 247 g/mol. The Balaban J connectivity index is 2.30. The molecule has 18 heavy (non-hydrogen) atoms. The monoisotopic (exact) mass is 247 g/mol. The third-order valence-electron chi connectivity index (χ3n) is 3.06. The molecule has 0 spiro atoms. The van der Waals surface area contributed by atoms with Crippen LogP contribution in [0.1, 0.15) is 25.3 Å². The van der Waals surface area contributed by atoms with Gasteiger partial charge < -0.3 is 9.84 Å². The fourth-order valence-electron chi connectivity index (χ4n) is 2.22. The molecular formula is C14H17NO3. The SMILES string of the molecule is CCOC(=O)C1CCC(O)C=C1c1cccnc1. The number of rotatable bonds is 3. The van der Waals surface area contributed by atoms with Crippen LogP contribution in [0.4, 0.5) is 0 Å². The zero-order valence-corrected chi connectivity index (χ0v) is 10.4. The zero-order chi connectivity index (χ0) is 13.0. The topological polar surface area (TPSA) is 59.4 Å². The van der Waals surface area contributed by atoms with Gasteiger partial charge in [0.1, 0.15) is 0 Å². The summed E-state index contributed by atoms with van der Waals surface area (Å²) < 4.78 is 5.09. The van der Waals surface area contributed by atoms with Gasteiger partial charge in [0.15, 0.2) is 0 Å². The van der Waals surface area contributed by atoms with Crippen molar-refractivity contribution in [3.63, 3.8) is 0 Å². The van der Waals surface area contributed by atoms with Crippen molar-refractivity contribution in [1.82, 2.24) is 4.98 Å². The number of ether oxygens (including phenoxy) is 1. The Morgan fingerprint density at radius 2 is 2.39 bits per heavy atom. The molecule has 0 bridgehead atoms. The molecular weight excluding hydrogens is 230 g/mol. The van der Waals surface area contributed by atoms with Crippen molar-refractivity contribution in [3.05, 3.63) is 36.2 Å². The summed E-state index contributed by atoms with van der Waals surface area (Å²) in [6, 6.07) is 3.71. The van der Waals surface area contributed by atoms with Crippen molar-refractivity contribution in [2.45, 2.75) is 25.9 Å². The van der Waals surface area contributed by atoms with Crippen LogP contribution in [-0.2, 0) is 9.53 Å². The Labute approximate surface area is 106 Å². The van der Waals surface area contributed by atoms with Gasteiger partial charge in [-0.05, 0) is 37.0 Å². The van der Waals surface area contributed by atoms with Gasteiger partial charge in [0, 0.05) is 12.4 Å². The number of aliphatic hydroxyl groups excluding tert-OH is 1. The van der Waals surface area contributed by atoms with Gasteiger partial charge in [-0.2, -0.15) is 0 Å². The van der Waals surface area contributed by atoms with Gasteiger partial charge in [-0.25, -0.2) is 0 Å². The summed E-state index contributed by atoms with van der Waals surface area (Å²) in [6.07, 6.45) is 5.83. The zero-order valence-electron chi connectivity index (χ0n) is 10.4. The summed E-state index contributed by atoms with van der Waals surface area (Å²) >= 11 is 0. The molecule has 0 aromatic carbocycles. The first kappa shape index (κ1) is 12.8. The van der Waals surface area contributed by atoms with Crippen LogP contribution in [0.25, 0.3) is 5.57 Å². The molecule has 4 heteroatoms. The fourth-order valence-corrected chi connectivity index (χ4v) is 2.22. The number of carbonyl (C=O) groups is 1. The Morgan fingerprint density at radius 3 is 3.06 bits per heavy atom. The highest BCUT2D eigenvalue weighted by Crippen LogP contribution is 2.33. The molecule has 2 atom stereocenters. The van der Waals surface area contributed by atoms with Crippen molar-refractivity contribution in [2.24, 2.45) is 5.92 Å². The highest BCUT2D eigenvalue weighted by molar-refractivity contribution is 5.89. The van der Waals surface area contributed by atoms with E-state index in [0.29, 0.717) is 19.4 Å². The maximum absolute atomic E-state index is 11.9. The number of esters is 1. The van der Waals surface area contributed by atoms with Gasteiger partial charge in [0.2, 0.25) is 0 Å². The van der Waals surface area contributed by atoms with Crippen LogP contribution in [0, 0.1) is 5.92 Å². The second kappa shape index (κ2) is 5.78. The molecule has 0 aliphatic heterocycles. The van der Waals surface area contributed by atoms with E-state index in [0.717, 1.165) is 11.1 Å². The smallest absolute Gasteiger partial charge is 0.313 e. The highest BCUT2D eigenvalue weighted by atomic mass is 16.5. The number of carbonyl (C=O) groups excluding carboxylic acids is 1. The summed E-state index contributed by atoms with van der Waals surface area (Å²) in [7, 11) is 0. The first-order valence-electron chi connectivity index (χ1n) is 6.19. The predicted molar refractivity (Wildman–Crippen MR) is 67.6 cm³/mol. The average Bonchev–Trinajstić information content (AvgIpc) is 2.40. The van der Waals surface area contributed by atoms with E-state index in [1.54, 1.807) is 25.4 Å². The summed E-state index contributed by atoms with van der Waals surface area (Å²) in [4.78, 5) is 16.0. The lowest BCUT2D eigenvalue weighted by molar-refractivity contribution is -0.146. The summed E-state index contributed by atoms with van der Waals surface area (Å²) in [5.74, 6) is -0.517. The standard InChI is InChI=1S/C14H17NO3/c1-2-18-14(17)12-6-5-11(16)8-13(12)10-4-3-7-15-9-10/h3-4,7-9,11-12,16H,2,5-6H2,1H3. The van der Waals surface area contributed by atoms with Gasteiger partial charge >= 0.3 is 5.97 Å². The van der Waals surface area contributed by atoms with E-state index >= 15 is 0 Å². The van der Waals surface area contributed by atoms with Crippen LogP contribution in [0.3, 0.4) is 0 Å².